The SMILES string of the molecule is CC1=C2c3ccn(-c4ccccc4)c3C1[Si]2(C)C.Cc1cc2c(-c3ccccc3)cccc2[cH-]1.[Zr]. The van der Waals surface area contributed by atoms with Crippen LogP contribution in [0.5, 0.6) is 0 Å². The molecule has 0 saturated heterocycles. The number of allylic oxidation sites excluding steroid dienone is 1. The molecule has 3 aliphatic rings. The summed E-state index contributed by atoms with van der Waals surface area (Å²) >= 11 is 0. The molecule has 8 rings (SSSR count). The first kappa shape index (κ1) is 24.1. The second kappa shape index (κ2) is 9.12. The summed E-state index contributed by atoms with van der Waals surface area (Å²) in [6.45, 7) is 9.49. The van der Waals surface area contributed by atoms with Crippen molar-refractivity contribution in [2.24, 2.45) is 0 Å². The first-order chi connectivity index (χ1) is 16.5. The van der Waals surface area contributed by atoms with Crippen molar-refractivity contribution in [2.45, 2.75) is 32.5 Å². The van der Waals surface area contributed by atoms with Crippen LogP contribution >= 0.6 is 0 Å². The quantitative estimate of drug-likeness (QED) is 0.154. The van der Waals surface area contributed by atoms with E-state index >= 15 is 0 Å². The van der Waals surface area contributed by atoms with Gasteiger partial charge in [-0.2, -0.15) is 6.07 Å². The van der Waals surface area contributed by atoms with Gasteiger partial charge in [0.1, 0.15) is 0 Å². The Balaban J connectivity index is 0.000000142. The van der Waals surface area contributed by atoms with Gasteiger partial charge >= 0.3 is 0 Å². The minimum Gasteiger partial charge on any atom is -0.320 e. The number of aromatic nitrogens is 1. The van der Waals surface area contributed by atoms with Crippen LogP contribution in [0.2, 0.25) is 13.1 Å². The second-order valence-electron chi connectivity index (χ2n) is 10.2. The average molecular weight is 548 g/mol. The predicted octanol–water partition coefficient (Wildman–Crippen LogP) is 8.68. The van der Waals surface area contributed by atoms with Crippen LogP contribution in [0.3, 0.4) is 0 Å². The van der Waals surface area contributed by atoms with E-state index in [2.05, 4.69) is 135 Å². The van der Waals surface area contributed by atoms with Crippen molar-refractivity contribution in [3.63, 3.8) is 0 Å². The molecule has 1 nitrogen and oxygen atoms in total. The Labute approximate surface area is 228 Å². The van der Waals surface area contributed by atoms with Gasteiger partial charge in [0.2, 0.25) is 0 Å². The zero-order chi connectivity index (χ0) is 23.4. The standard InChI is InChI=1S/C16H17NSi.C16H13.Zr/c1-11-15-13-9-10-17(12-7-5-4-6-8-12)14(13)16(11)18(15,2)3;1-12-10-14-8-5-9-15(16(14)11-12)13-6-3-2-4-7-13;/h4-10,16H,1-3H3;2-11H,1H3;/q;-1;. The minimum absolute atomic E-state index is 0. The van der Waals surface area contributed by atoms with Gasteiger partial charge in [-0.05, 0) is 36.2 Å². The monoisotopic (exact) mass is 546 g/mol. The number of fused-ring (bicyclic) bond motifs is 1. The summed E-state index contributed by atoms with van der Waals surface area (Å²) in [7, 11) is -1.17. The maximum atomic E-state index is 2.51. The minimum atomic E-state index is -1.17. The van der Waals surface area contributed by atoms with Crippen molar-refractivity contribution in [3.05, 3.63) is 126 Å². The van der Waals surface area contributed by atoms with Crippen LogP contribution in [-0.4, -0.2) is 12.6 Å². The number of rotatable bonds is 2. The molecule has 1 atom stereocenters. The van der Waals surface area contributed by atoms with Gasteiger partial charge in [-0.25, -0.2) is 0 Å². The number of hydrogen-bond donors (Lipinski definition) is 0. The molecule has 5 aromatic rings. The van der Waals surface area contributed by atoms with Gasteiger partial charge in [0.15, 0.2) is 0 Å². The number of aryl methyl sites for hydroxylation is 1. The van der Waals surface area contributed by atoms with E-state index in [1.165, 1.54) is 38.7 Å². The van der Waals surface area contributed by atoms with Crippen molar-refractivity contribution >= 4 is 24.0 Å². The van der Waals surface area contributed by atoms with Crippen LogP contribution < -0.4 is 0 Å². The molecule has 4 aromatic carbocycles. The maximum absolute atomic E-state index is 2.51. The molecule has 35 heavy (non-hydrogen) atoms. The summed E-state index contributed by atoms with van der Waals surface area (Å²) in [6, 6.07) is 34.6. The third-order valence-electron chi connectivity index (χ3n) is 7.68. The van der Waals surface area contributed by atoms with Crippen LogP contribution in [0.15, 0.2) is 109 Å². The van der Waals surface area contributed by atoms with Crippen LogP contribution in [0.25, 0.3) is 32.8 Å². The molecule has 0 spiro atoms. The third kappa shape index (κ3) is 3.81. The molecular formula is C32H30NSiZr-. The summed E-state index contributed by atoms with van der Waals surface area (Å²) < 4.78 is 2.40. The summed E-state index contributed by atoms with van der Waals surface area (Å²) in [5.74, 6) is 0. The number of hydrogen-bond acceptors (Lipinski definition) is 0. The molecule has 1 aliphatic carbocycles. The Hall–Kier alpha value is -2.61. The van der Waals surface area contributed by atoms with E-state index in [0.717, 1.165) is 5.54 Å². The Morgan fingerprint density at radius 3 is 2.14 bits per heavy atom. The molecule has 2 bridgehead atoms. The van der Waals surface area contributed by atoms with Gasteiger partial charge < -0.3 is 4.57 Å². The van der Waals surface area contributed by atoms with Crippen LogP contribution in [-0.2, 0) is 26.2 Å². The molecule has 0 saturated carbocycles. The Bertz CT molecular complexity index is 1540. The molecule has 1 aromatic heterocycles. The largest absolute Gasteiger partial charge is 0.320 e. The zero-order valence-electron chi connectivity index (χ0n) is 20.8. The molecule has 3 heterocycles. The fourth-order valence-electron chi connectivity index (χ4n) is 6.39. The van der Waals surface area contributed by atoms with E-state index < -0.39 is 8.07 Å². The third-order valence-corrected chi connectivity index (χ3v) is 11.8. The molecule has 3 heteroatoms. The first-order valence-electron chi connectivity index (χ1n) is 12.2. The molecule has 0 radical (unpaired) electrons. The Morgan fingerprint density at radius 2 is 1.46 bits per heavy atom. The van der Waals surface area contributed by atoms with E-state index in [9.17, 15) is 0 Å². The van der Waals surface area contributed by atoms with E-state index in [-0.39, 0.29) is 26.2 Å². The Kier molecular flexibility index (Phi) is 6.28. The van der Waals surface area contributed by atoms with Crippen LogP contribution in [0, 0.1) is 6.92 Å². The van der Waals surface area contributed by atoms with Gasteiger partial charge in [0.05, 0.1) is 8.07 Å². The summed E-state index contributed by atoms with van der Waals surface area (Å²) in [4.78, 5) is 0. The van der Waals surface area contributed by atoms with Crippen molar-refractivity contribution < 1.29 is 26.2 Å². The normalized spacial score (nSPS) is 16.7. The van der Waals surface area contributed by atoms with E-state index in [1.54, 1.807) is 16.5 Å². The summed E-state index contributed by atoms with van der Waals surface area (Å²) in [5.41, 5.74) is 10.7. The van der Waals surface area contributed by atoms with Gasteiger partial charge in [0.25, 0.3) is 0 Å². The van der Waals surface area contributed by atoms with Crippen molar-refractivity contribution in [2.75, 3.05) is 0 Å². The van der Waals surface area contributed by atoms with Crippen molar-refractivity contribution in [3.8, 4) is 16.8 Å². The summed E-state index contributed by atoms with van der Waals surface area (Å²) in [5, 5.41) is 4.40. The Morgan fingerprint density at radius 1 is 0.771 bits per heavy atom. The fourth-order valence-corrected chi connectivity index (χ4v) is 10.7. The molecule has 2 aliphatic heterocycles. The topological polar surface area (TPSA) is 4.93 Å². The summed E-state index contributed by atoms with van der Waals surface area (Å²) in [6.07, 6.45) is 2.24. The van der Waals surface area contributed by atoms with Gasteiger partial charge in [-0.15, -0.1) is 34.5 Å². The predicted molar refractivity (Wildman–Crippen MR) is 148 cm³/mol. The van der Waals surface area contributed by atoms with Gasteiger partial charge in [0, 0.05) is 49.3 Å². The average Bonchev–Trinajstić information content (AvgIpc) is 3.56. The zero-order valence-corrected chi connectivity index (χ0v) is 24.3. The molecule has 172 valence electrons. The maximum Gasteiger partial charge on any atom is 0.0950 e. The van der Waals surface area contributed by atoms with Crippen LogP contribution in [0.4, 0.5) is 0 Å². The smallest absolute Gasteiger partial charge is 0.0950 e. The molecule has 0 amide bonds. The van der Waals surface area contributed by atoms with Crippen LogP contribution in [0.1, 0.15) is 29.3 Å². The number of nitrogens with zero attached hydrogens (tertiary/aromatic N) is 1. The molecule has 1 unspecified atom stereocenters. The number of benzene rings is 3. The molecule has 0 N–H and O–H groups in total. The van der Waals surface area contributed by atoms with Crippen molar-refractivity contribution in [1.82, 2.24) is 4.57 Å². The van der Waals surface area contributed by atoms with E-state index in [4.69, 9.17) is 0 Å². The van der Waals surface area contributed by atoms with E-state index in [1.807, 2.05) is 0 Å². The van der Waals surface area contributed by atoms with E-state index in [0.29, 0.717) is 0 Å². The second-order valence-corrected chi connectivity index (χ2v) is 14.8. The number of para-hydroxylation sites is 1. The van der Waals surface area contributed by atoms with Crippen molar-refractivity contribution in [1.29, 1.82) is 0 Å². The van der Waals surface area contributed by atoms with Gasteiger partial charge in [-0.1, -0.05) is 90.9 Å². The van der Waals surface area contributed by atoms with Gasteiger partial charge in [-0.3, -0.25) is 0 Å². The first-order valence-corrected chi connectivity index (χ1v) is 15.2. The molecular weight excluding hydrogens is 518 g/mol. The molecule has 0 fully saturated rings. The fraction of sp³-hybridized carbons (Fsp3) is 0.156.